The second kappa shape index (κ2) is 2.79. The van der Waals surface area contributed by atoms with E-state index in [4.69, 9.17) is 0 Å². The Bertz CT molecular complexity index is 652. The molecule has 0 amide bonds. The molecule has 0 atom stereocenters. The zero-order valence-electron chi connectivity index (χ0n) is 8.78. The average molecular weight is 198 g/mol. The summed E-state index contributed by atoms with van der Waals surface area (Å²) >= 11 is 0. The third kappa shape index (κ3) is 1.13. The minimum atomic E-state index is 1.00. The molecular formula is C12H12N3+. The van der Waals surface area contributed by atoms with Gasteiger partial charge in [0.25, 0.3) is 0 Å². The van der Waals surface area contributed by atoms with E-state index in [2.05, 4.69) is 35.2 Å². The Balaban J connectivity index is 2.61. The molecule has 0 fully saturated rings. The summed E-state index contributed by atoms with van der Waals surface area (Å²) in [5.41, 5.74) is 4.35. The summed E-state index contributed by atoms with van der Waals surface area (Å²) in [6, 6.07) is 10.3. The largest absolute Gasteiger partial charge is 0.356 e. The third-order valence-electron chi connectivity index (χ3n) is 2.66. The molecule has 0 spiro atoms. The first kappa shape index (κ1) is 8.41. The number of nitrogens with zero attached hydrogens (tertiary/aromatic N) is 2. The summed E-state index contributed by atoms with van der Waals surface area (Å²) in [5, 5.41) is 4.50. The fourth-order valence-electron chi connectivity index (χ4n) is 2.00. The maximum absolute atomic E-state index is 4.56. The fraction of sp³-hybridized carbons (Fsp3) is 0.167. The smallest absolute Gasteiger partial charge is 0.223 e. The number of hydrogen-bond donors (Lipinski definition) is 1. The van der Waals surface area contributed by atoms with Gasteiger partial charge in [-0.15, -0.1) is 4.52 Å². The van der Waals surface area contributed by atoms with Crippen molar-refractivity contribution in [1.82, 2.24) is 10.1 Å². The number of rotatable bonds is 0. The van der Waals surface area contributed by atoms with Gasteiger partial charge in [0.05, 0.1) is 10.9 Å². The zero-order chi connectivity index (χ0) is 10.4. The Hall–Kier alpha value is -1.90. The number of nitrogens with one attached hydrogen (secondary N) is 1. The quantitative estimate of drug-likeness (QED) is 0.550. The van der Waals surface area contributed by atoms with Gasteiger partial charge in [0.2, 0.25) is 0 Å². The number of aryl methyl sites for hydroxylation is 2. The van der Waals surface area contributed by atoms with Crippen LogP contribution >= 0.6 is 0 Å². The number of hydrogen-bond acceptors (Lipinski definition) is 1. The summed E-state index contributed by atoms with van der Waals surface area (Å²) in [4.78, 5) is 4.56. The normalized spacial score (nSPS) is 11.3. The molecule has 1 N–H and O–H groups in total. The number of aromatic amines is 1. The molecule has 2 aromatic heterocycles. The minimum absolute atomic E-state index is 1.00. The summed E-state index contributed by atoms with van der Waals surface area (Å²) in [6.07, 6.45) is 0. The summed E-state index contributed by atoms with van der Waals surface area (Å²) in [6.45, 7) is 4.10. The summed E-state index contributed by atoms with van der Waals surface area (Å²) in [7, 11) is 0. The molecule has 3 aromatic rings. The van der Waals surface area contributed by atoms with E-state index in [1.807, 2.05) is 23.6 Å². The van der Waals surface area contributed by atoms with Crippen molar-refractivity contribution in [1.29, 1.82) is 0 Å². The van der Waals surface area contributed by atoms with Crippen molar-refractivity contribution in [2.75, 3.05) is 0 Å². The fourth-order valence-corrected chi connectivity index (χ4v) is 2.00. The van der Waals surface area contributed by atoms with Gasteiger partial charge in [-0.25, -0.2) is 5.10 Å². The van der Waals surface area contributed by atoms with Crippen molar-refractivity contribution in [2.45, 2.75) is 13.8 Å². The maximum Gasteiger partial charge on any atom is 0.356 e. The SMILES string of the molecule is Cc1cc(C)[n+]2[nH]c3ccccc3c2n1. The zero-order valence-corrected chi connectivity index (χ0v) is 8.78. The van der Waals surface area contributed by atoms with Crippen molar-refractivity contribution in [2.24, 2.45) is 0 Å². The molecule has 0 radical (unpaired) electrons. The Kier molecular flexibility index (Phi) is 1.57. The Labute approximate surface area is 87.4 Å². The van der Waals surface area contributed by atoms with Crippen molar-refractivity contribution in [3.05, 3.63) is 41.7 Å². The van der Waals surface area contributed by atoms with E-state index in [-0.39, 0.29) is 0 Å². The molecule has 0 aliphatic carbocycles. The predicted octanol–water partition coefficient (Wildman–Crippen LogP) is 1.92. The summed E-state index contributed by atoms with van der Waals surface area (Å²) < 4.78 is 2.03. The molecule has 0 aliphatic heterocycles. The number of H-pyrrole nitrogens is 1. The number of aromatic nitrogens is 3. The first-order valence-corrected chi connectivity index (χ1v) is 5.02. The highest BCUT2D eigenvalue weighted by atomic mass is 15.3. The first-order chi connectivity index (χ1) is 7.25. The van der Waals surface area contributed by atoms with E-state index in [9.17, 15) is 0 Å². The topological polar surface area (TPSA) is 32.8 Å². The van der Waals surface area contributed by atoms with E-state index in [1.54, 1.807) is 0 Å². The number of benzene rings is 1. The van der Waals surface area contributed by atoms with Crippen LogP contribution in [0.3, 0.4) is 0 Å². The lowest BCUT2D eigenvalue weighted by molar-refractivity contribution is -0.583. The van der Waals surface area contributed by atoms with Gasteiger partial charge in [0.1, 0.15) is 5.69 Å². The van der Waals surface area contributed by atoms with Gasteiger partial charge < -0.3 is 0 Å². The molecule has 3 heteroatoms. The molecule has 1 aromatic carbocycles. The minimum Gasteiger partial charge on any atom is -0.223 e. The van der Waals surface area contributed by atoms with Gasteiger partial charge in [-0.3, -0.25) is 0 Å². The Morgan fingerprint density at radius 1 is 1.20 bits per heavy atom. The van der Waals surface area contributed by atoms with E-state index in [0.29, 0.717) is 0 Å². The number of fused-ring (bicyclic) bond motifs is 3. The van der Waals surface area contributed by atoms with Crippen LogP contribution in [0, 0.1) is 13.8 Å². The van der Waals surface area contributed by atoms with Crippen LogP contribution in [0.25, 0.3) is 16.6 Å². The number of para-hydroxylation sites is 1. The second-order valence-electron chi connectivity index (χ2n) is 3.86. The second-order valence-corrected chi connectivity index (χ2v) is 3.86. The van der Waals surface area contributed by atoms with E-state index >= 15 is 0 Å². The van der Waals surface area contributed by atoms with Crippen LogP contribution in [0.5, 0.6) is 0 Å². The van der Waals surface area contributed by atoms with E-state index in [0.717, 1.165) is 16.9 Å². The predicted molar refractivity (Wildman–Crippen MR) is 58.7 cm³/mol. The van der Waals surface area contributed by atoms with Gasteiger partial charge in [-0.1, -0.05) is 12.1 Å². The molecule has 2 heterocycles. The van der Waals surface area contributed by atoms with Crippen molar-refractivity contribution >= 4 is 16.6 Å². The van der Waals surface area contributed by atoms with E-state index < -0.39 is 0 Å². The van der Waals surface area contributed by atoms with Gasteiger partial charge in [-0.2, -0.15) is 0 Å². The lowest BCUT2D eigenvalue weighted by atomic mass is 10.2. The van der Waals surface area contributed by atoms with Crippen LogP contribution in [0.15, 0.2) is 30.3 Å². The molecule has 0 unspecified atom stereocenters. The van der Waals surface area contributed by atoms with Crippen LogP contribution in [-0.2, 0) is 0 Å². The highest BCUT2D eigenvalue weighted by molar-refractivity contribution is 5.89. The van der Waals surface area contributed by atoms with Crippen LogP contribution in [0.2, 0.25) is 0 Å². The first-order valence-electron chi connectivity index (χ1n) is 5.02. The molecule has 0 saturated heterocycles. The lowest BCUT2D eigenvalue weighted by Crippen LogP contribution is -2.28. The van der Waals surface area contributed by atoms with Crippen LogP contribution in [0.4, 0.5) is 0 Å². The molecule has 0 saturated carbocycles. The van der Waals surface area contributed by atoms with Crippen molar-refractivity contribution in [3.8, 4) is 0 Å². The molecule has 74 valence electrons. The maximum atomic E-state index is 4.56. The van der Waals surface area contributed by atoms with Crippen LogP contribution in [0.1, 0.15) is 11.4 Å². The molecule has 3 nitrogen and oxygen atoms in total. The molecule has 3 rings (SSSR count). The van der Waals surface area contributed by atoms with Crippen molar-refractivity contribution < 1.29 is 4.52 Å². The van der Waals surface area contributed by atoms with E-state index in [1.165, 1.54) is 11.1 Å². The standard InChI is InChI=1S/C12H11N3/c1-8-7-9(2)15-12(13-8)10-5-3-4-6-11(10)14-15/h3-7H,1-2H3/p+1. The van der Waals surface area contributed by atoms with Crippen LogP contribution < -0.4 is 4.52 Å². The third-order valence-corrected chi connectivity index (χ3v) is 2.66. The van der Waals surface area contributed by atoms with Crippen molar-refractivity contribution in [3.63, 3.8) is 0 Å². The Morgan fingerprint density at radius 2 is 2.00 bits per heavy atom. The van der Waals surface area contributed by atoms with Gasteiger partial charge in [0.15, 0.2) is 5.69 Å². The molecular weight excluding hydrogens is 186 g/mol. The Morgan fingerprint density at radius 3 is 2.87 bits per heavy atom. The molecule has 0 aliphatic rings. The van der Waals surface area contributed by atoms with Gasteiger partial charge in [0, 0.05) is 19.9 Å². The van der Waals surface area contributed by atoms with Gasteiger partial charge in [-0.05, 0) is 17.1 Å². The lowest BCUT2D eigenvalue weighted by Gasteiger charge is -1.89. The van der Waals surface area contributed by atoms with Crippen LogP contribution in [-0.4, -0.2) is 10.1 Å². The van der Waals surface area contributed by atoms with Gasteiger partial charge >= 0.3 is 5.65 Å². The average Bonchev–Trinajstić information content (AvgIpc) is 2.57. The highest BCUT2D eigenvalue weighted by Crippen LogP contribution is 2.14. The highest BCUT2D eigenvalue weighted by Gasteiger charge is 2.15. The molecule has 15 heavy (non-hydrogen) atoms. The summed E-state index contributed by atoms with van der Waals surface area (Å²) in [5.74, 6) is 0. The monoisotopic (exact) mass is 198 g/mol. The molecule has 0 bridgehead atoms.